The quantitative estimate of drug-likeness (QED) is 0.156. The predicted octanol–water partition coefficient (Wildman–Crippen LogP) is 15.0. The number of benzene rings is 10. The third-order valence-corrected chi connectivity index (χ3v) is 11.4. The van der Waals surface area contributed by atoms with Crippen molar-refractivity contribution in [1.82, 2.24) is 4.57 Å². The molecule has 262 valence electrons. The Labute approximate surface area is 325 Å². The van der Waals surface area contributed by atoms with Crippen LogP contribution in [0.15, 0.2) is 218 Å². The SMILES string of the molecule is c1ccc(-c2ccc(N(c3ccc(-c4ccc5c(ccc6c7ccccc7ccc56)c4)cc3)c3cccc4c5ccccc5n(-c5ccccc5)c34)cc2)cc1. The summed E-state index contributed by atoms with van der Waals surface area (Å²) in [5.41, 5.74) is 11.6. The van der Waals surface area contributed by atoms with E-state index in [1.54, 1.807) is 0 Å². The van der Waals surface area contributed by atoms with Gasteiger partial charge in [0, 0.05) is 27.8 Å². The van der Waals surface area contributed by atoms with Gasteiger partial charge in [0.1, 0.15) is 0 Å². The molecule has 56 heavy (non-hydrogen) atoms. The maximum atomic E-state index is 2.42. The molecule has 0 atom stereocenters. The highest BCUT2D eigenvalue weighted by Gasteiger charge is 2.21. The zero-order chi connectivity index (χ0) is 37.0. The summed E-state index contributed by atoms with van der Waals surface area (Å²) in [6.45, 7) is 0. The number of anilines is 3. The van der Waals surface area contributed by atoms with Crippen LogP contribution >= 0.6 is 0 Å². The molecular formula is C54H36N2. The van der Waals surface area contributed by atoms with Gasteiger partial charge in [-0.2, -0.15) is 0 Å². The molecule has 11 rings (SSSR count). The number of nitrogens with zero attached hydrogens (tertiary/aromatic N) is 2. The Kier molecular flexibility index (Phi) is 7.53. The Balaban J connectivity index is 1.06. The molecule has 0 unspecified atom stereocenters. The van der Waals surface area contributed by atoms with Crippen LogP contribution in [0.3, 0.4) is 0 Å². The van der Waals surface area contributed by atoms with Gasteiger partial charge in [0.2, 0.25) is 0 Å². The van der Waals surface area contributed by atoms with E-state index in [4.69, 9.17) is 0 Å². The van der Waals surface area contributed by atoms with Crippen molar-refractivity contribution < 1.29 is 0 Å². The summed E-state index contributed by atoms with van der Waals surface area (Å²) >= 11 is 0. The standard InChI is InChI=1S/C54H36N2/c1-3-12-37(13-4-1)38-22-29-44(30-23-38)55(53-21-11-19-51-50-18-9-10-20-52(50)56(54(51)53)43-15-5-2-6-16-43)45-31-24-39(25-32-45)41-27-33-47-42(36-41)28-35-48-46-17-8-7-14-40(46)26-34-49(47)48/h1-36H. The first-order valence-corrected chi connectivity index (χ1v) is 19.3. The lowest BCUT2D eigenvalue weighted by Gasteiger charge is -2.27. The number of hydrogen-bond acceptors (Lipinski definition) is 1. The molecule has 11 aromatic rings. The average molecular weight is 713 g/mol. The van der Waals surface area contributed by atoms with Crippen LogP contribution in [0.1, 0.15) is 0 Å². The number of aromatic nitrogens is 1. The van der Waals surface area contributed by atoms with Gasteiger partial charge in [-0.25, -0.2) is 0 Å². The van der Waals surface area contributed by atoms with Crippen molar-refractivity contribution in [2.75, 3.05) is 4.90 Å². The summed E-state index contributed by atoms with van der Waals surface area (Å²) in [4.78, 5) is 2.41. The first kappa shape index (κ1) is 32.0. The fraction of sp³-hybridized carbons (Fsp3) is 0. The number of rotatable bonds is 6. The van der Waals surface area contributed by atoms with Crippen molar-refractivity contribution in [2.24, 2.45) is 0 Å². The maximum Gasteiger partial charge on any atom is 0.0782 e. The summed E-state index contributed by atoms with van der Waals surface area (Å²) in [7, 11) is 0. The number of hydrogen-bond donors (Lipinski definition) is 0. The molecule has 0 amide bonds. The summed E-state index contributed by atoms with van der Waals surface area (Å²) in [5, 5.41) is 10.1. The fourth-order valence-electron chi connectivity index (χ4n) is 8.70. The van der Waals surface area contributed by atoms with E-state index in [0.29, 0.717) is 0 Å². The Morgan fingerprint density at radius 3 is 1.55 bits per heavy atom. The molecule has 0 N–H and O–H groups in total. The molecule has 0 bridgehead atoms. The smallest absolute Gasteiger partial charge is 0.0782 e. The van der Waals surface area contributed by atoms with Crippen LogP contribution in [0.2, 0.25) is 0 Å². The predicted molar refractivity (Wildman–Crippen MR) is 239 cm³/mol. The molecule has 0 saturated carbocycles. The van der Waals surface area contributed by atoms with E-state index in [2.05, 4.69) is 228 Å². The summed E-state index contributed by atoms with van der Waals surface area (Å²) in [5.74, 6) is 0. The molecule has 0 saturated heterocycles. The van der Waals surface area contributed by atoms with Crippen molar-refractivity contribution in [3.63, 3.8) is 0 Å². The van der Waals surface area contributed by atoms with Crippen LogP contribution in [-0.2, 0) is 0 Å². The van der Waals surface area contributed by atoms with Crippen LogP contribution < -0.4 is 4.90 Å². The van der Waals surface area contributed by atoms with E-state index < -0.39 is 0 Å². The second-order valence-corrected chi connectivity index (χ2v) is 14.5. The molecule has 2 heteroatoms. The van der Waals surface area contributed by atoms with E-state index in [-0.39, 0.29) is 0 Å². The molecule has 0 radical (unpaired) electrons. The lowest BCUT2D eigenvalue weighted by atomic mass is 9.95. The van der Waals surface area contributed by atoms with Gasteiger partial charge in [0.05, 0.1) is 16.7 Å². The van der Waals surface area contributed by atoms with Crippen LogP contribution in [0, 0.1) is 0 Å². The van der Waals surface area contributed by atoms with Crippen LogP contribution in [0.25, 0.3) is 82.1 Å². The van der Waals surface area contributed by atoms with Gasteiger partial charge in [0.25, 0.3) is 0 Å². The highest BCUT2D eigenvalue weighted by atomic mass is 15.2. The summed E-state index contributed by atoms with van der Waals surface area (Å²) in [6, 6.07) is 79.4. The molecular weight excluding hydrogens is 677 g/mol. The summed E-state index contributed by atoms with van der Waals surface area (Å²) in [6.07, 6.45) is 0. The molecule has 0 aliphatic heterocycles. The molecule has 0 aliphatic rings. The third-order valence-electron chi connectivity index (χ3n) is 11.4. The Morgan fingerprint density at radius 2 is 0.821 bits per heavy atom. The minimum absolute atomic E-state index is 1.09. The average Bonchev–Trinajstić information content (AvgIpc) is 3.62. The van der Waals surface area contributed by atoms with Gasteiger partial charge in [-0.1, -0.05) is 164 Å². The molecule has 2 nitrogen and oxygen atoms in total. The lowest BCUT2D eigenvalue weighted by molar-refractivity contribution is 1.17. The minimum Gasteiger partial charge on any atom is -0.308 e. The largest absolute Gasteiger partial charge is 0.308 e. The lowest BCUT2D eigenvalue weighted by Crippen LogP contribution is -2.11. The second kappa shape index (κ2) is 13.2. The second-order valence-electron chi connectivity index (χ2n) is 14.5. The maximum absolute atomic E-state index is 2.42. The highest BCUT2D eigenvalue weighted by molar-refractivity contribution is 6.18. The monoisotopic (exact) mass is 712 g/mol. The molecule has 0 spiro atoms. The Hall–Kier alpha value is -7.42. The molecule has 0 aliphatic carbocycles. The van der Waals surface area contributed by atoms with Gasteiger partial charge in [0.15, 0.2) is 0 Å². The highest BCUT2D eigenvalue weighted by Crippen LogP contribution is 2.44. The van der Waals surface area contributed by atoms with Crippen molar-refractivity contribution in [1.29, 1.82) is 0 Å². The van der Waals surface area contributed by atoms with Gasteiger partial charge in [-0.15, -0.1) is 0 Å². The van der Waals surface area contributed by atoms with E-state index in [0.717, 1.165) is 22.7 Å². The van der Waals surface area contributed by atoms with Crippen molar-refractivity contribution >= 4 is 71.2 Å². The van der Waals surface area contributed by atoms with E-state index in [1.807, 2.05) is 0 Å². The van der Waals surface area contributed by atoms with Crippen LogP contribution in [-0.4, -0.2) is 4.57 Å². The van der Waals surface area contributed by atoms with Gasteiger partial charge in [-0.05, 0) is 109 Å². The van der Waals surface area contributed by atoms with E-state index in [9.17, 15) is 0 Å². The molecule has 1 aromatic heterocycles. The van der Waals surface area contributed by atoms with E-state index >= 15 is 0 Å². The molecule has 0 fully saturated rings. The van der Waals surface area contributed by atoms with Gasteiger partial charge in [-0.3, -0.25) is 0 Å². The molecule has 1 heterocycles. The van der Waals surface area contributed by atoms with Crippen molar-refractivity contribution in [2.45, 2.75) is 0 Å². The zero-order valence-electron chi connectivity index (χ0n) is 30.7. The number of para-hydroxylation sites is 3. The van der Waals surface area contributed by atoms with E-state index in [1.165, 1.54) is 76.4 Å². The van der Waals surface area contributed by atoms with Crippen molar-refractivity contribution in [3.8, 4) is 27.9 Å². The van der Waals surface area contributed by atoms with Crippen molar-refractivity contribution in [3.05, 3.63) is 218 Å². The van der Waals surface area contributed by atoms with Crippen LogP contribution in [0.5, 0.6) is 0 Å². The van der Waals surface area contributed by atoms with Gasteiger partial charge >= 0.3 is 0 Å². The molecule has 10 aromatic carbocycles. The Morgan fingerprint density at radius 1 is 0.304 bits per heavy atom. The first-order chi connectivity index (χ1) is 27.8. The topological polar surface area (TPSA) is 8.17 Å². The normalized spacial score (nSPS) is 11.6. The summed E-state index contributed by atoms with van der Waals surface area (Å²) < 4.78 is 2.42. The minimum atomic E-state index is 1.09. The Bertz CT molecular complexity index is 3210. The van der Waals surface area contributed by atoms with Gasteiger partial charge < -0.3 is 9.47 Å². The fourth-order valence-corrected chi connectivity index (χ4v) is 8.70. The third kappa shape index (κ3) is 5.26. The van der Waals surface area contributed by atoms with Crippen LogP contribution in [0.4, 0.5) is 17.1 Å². The number of fused-ring (bicyclic) bond motifs is 8. The first-order valence-electron chi connectivity index (χ1n) is 19.3. The zero-order valence-corrected chi connectivity index (χ0v) is 30.7.